The highest BCUT2D eigenvalue weighted by Crippen LogP contribution is 2.46. The highest BCUT2D eigenvalue weighted by molar-refractivity contribution is 6.02. The van der Waals surface area contributed by atoms with Gasteiger partial charge in [0.05, 0.1) is 12.1 Å². The summed E-state index contributed by atoms with van der Waals surface area (Å²) in [6, 6.07) is 1.52. The summed E-state index contributed by atoms with van der Waals surface area (Å²) < 4.78 is 0. The van der Waals surface area contributed by atoms with Gasteiger partial charge in [0.2, 0.25) is 5.91 Å². The van der Waals surface area contributed by atoms with Crippen LogP contribution in [0.4, 0.5) is 0 Å². The Morgan fingerprint density at radius 1 is 1.61 bits per heavy atom. The van der Waals surface area contributed by atoms with E-state index in [4.69, 9.17) is 5.26 Å². The number of nitriles is 1. The molecule has 2 N–H and O–H groups in total. The highest BCUT2D eigenvalue weighted by atomic mass is 16.4. The second kappa shape index (κ2) is 3.68. The molecule has 6 heteroatoms. The van der Waals surface area contributed by atoms with Gasteiger partial charge in [0, 0.05) is 12.0 Å². The van der Waals surface area contributed by atoms with Crippen molar-refractivity contribution in [1.82, 2.24) is 10.2 Å². The average Bonchev–Trinajstić information content (AvgIpc) is 2.69. The topological polar surface area (TPSA) is 93.4 Å². The number of nitrogens with one attached hydrogen (secondary N) is 1. The van der Waals surface area contributed by atoms with Crippen LogP contribution in [0.25, 0.3) is 0 Å². The van der Waals surface area contributed by atoms with Gasteiger partial charge < -0.3 is 10.4 Å². The largest absolute Gasteiger partial charge is 0.477 e. The summed E-state index contributed by atoms with van der Waals surface area (Å²) >= 11 is 0. The van der Waals surface area contributed by atoms with E-state index in [2.05, 4.69) is 5.32 Å². The fraction of sp³-hybridized carbons (Fsp3) is 0.417. The molecule has 1 unspecified atom stereocenters. The lowest BCUT2D eigenvalue weighted by Crippen LogP contribution is -2.71. The Hall–Kier alpha value is -2.13. The lowest BCUT2D eigenvalue weighted by molar-refractivity contribution is -0.154. The van der Waals surface area contributed by atoms with Crippen LogP contribution in [0.1, 0.15) is 6.42 Å². The van der Waals surface area contributed by atoms with Crippen LogP contribution in [0, 0.1) is 17.2 Å². The van der Waals surface area contributed by atoms with Crippen LogP contribution in [0.15, 0.2) is 23.4 Å². The molecule has 3 rings (SSSR count). The van der Waals surface area contributed by atoms with E-state index in [1.54, 1.807) is 0 Å². The van der Waals surface area contributed by atoms with Crippen molar-refractivity contribution in [3.05, 3.63) is 23.4 Å². The van der Waals surface area contributed by atoms with Crippen molar-refractivity contribution >= 4 is 11.9 Å². The van der Waals surface area contributed by atoms with E-state index in [9.17, 15) is 14.7 Å². The van der Waals surface area contributed by atoms with Crippen molar-refractivity contribution in [3.63, 3.8) is 0 Å². The van der Waals surface area contributed by atoms with Crippen LogP contribution in [-0.4, -0.2) is 40.5 Å². The zero-order valence-electron chi connectivity index (χ0n) is 9.46. The Labute approximate surface area is 103 Å². The summed E-state index contributed by atoms with van der Waals surface area (Å²) in [5.41, 5.74) is 0.646. The first-order chi connectivity index (χ1) is 8.66. The Morgan fingerprint density at radius 2 is 2.39 bits per heavy atom. The molecule has 0 radical (unpaired) electrons. The zero-order chi connectivity index (χ0) is 12.9. The van der Waals surface area contributed by atoms with Crippen molar-refractivity contribution in [2.75, 3.05) is 6.54 Å². The molecule has 3 aliphatic heterocycles. The molecule has 3 atom stereocenters. The number of rotatable bonds is 2. The third kappa shape index (κ3) is 1.19. The lowest BCUT2D eigenvalue weighted by Gasteiger charge is -2.48. The average molecular weight is 245 g/mol. The maximum atomic E-state index is 11.9. The van der Waals surface area contributed by atoms with Gasteiger partial charge in [0.15, 0.2) is 0 Å². The zero-order valence-corrected chi connectivity index (χ0v) is 9.46. The number of carboxylic acids is 1. The van der Waals surface area contributed by atoms with Gasteiger partial charge in [-0.25, -0.2) is 4.79 Å². The van der Waals surface area contributed by atoms with E-state index in [1.807, 2.05) is 6.07 Å². The summed E-state index contributed by atoms with van der Waals surface area (Å²) in [6.07, 6.45) is 3.58. The van der Waals surface area contributed by atoms with Crippen molar-refractivity contribution in [2.24, 2.45) is 5.92 Å². The number of β-lactam (4-membered cyclic amide) rings is 1. The Morgan fingerprint density at radius 3 is 3.06 bits per heavy atom. The summed E-state index contributed by atoms with van der Waals surface area (Å²) in [4.78, 5) is 24.5. The molecule has 3 aliphatic rings. The Kier molecular flexibility index (Phi) is 2.25. The molecule has 2 fully saturated rings. The van der Waals surface area contributed by atoms with Gasteiger partial charge in [-0.15, -0.1) is 0 Å². The fourth-order valence-corrected chi connectivity index (χ4v) is 3.16. The number of aliphatic carboxylic acids is 1. The first kappa shape index (κ1) is 11.0. The van der Waals surface area contributed by atoms with Crippen LogP contribution >= 0.6 is 0 Å². The quantitative estimate of drug-likeness (QED) is 0.510. The van der Waals surface area contributed by atoms with Gasteiger partial charge in [-0.2, -0.15) is 5.26 Å². The Balaban J connectivity index is 2.08. The normalized spacial score (nSPS) is 33.4. The number of hydrogen-bond donors (Lipinski definition) is 2. The summed E-state index contributed by atoms with van der Waals surface area (Å²) in [6.45, 7) is 0.697. The minimum absolute atomic E-state index is 0.0321. The summed E-state index contributed by atoms with van der Waals surface area (Å²) in [7, 11) is 0. The van der Waals surface area contributed by atoms with E-state index < -0.39 is 5.97 Å². The molecule has 0 saturated carbocycles. The van der Waals surface area contributed by atoms with Gasteiger partial charge in [0.25, 0.3) is 0 Å². The van der Waals surface area contributed by atoms with Gasteiger partial charge in [-0.05, 0) is 24.6 Å². The van der Waals surface area contributed by atoms with Crippen molar-refractivity contribution < 1.29 is 14.7 Å². The van der Waals surface area contributed by atoms with E-state index in [-0.39, 0.29) is 29.6 Å². The van der Waals surface area contributed by atoms with E-state index in [0.29, 0.717) is 12.1 Å². The number of hydrogen-bond acceptors (Lipinski definition) is 4. The van der Waals surface area contributed by atoms with Crippen LogP contribution in [-0.2, 0) is 9.59 Å². The first-order valence-electron chi connectivity index (χ1n) is 5.77. The molecular formula is C12H11N3O3. The van der Waals surface area contributed by atoms with Crippen molar-refractivity contribution in [1.29, 1.82) is 5.26 Å². The maximum absolute atomic E-state index is 11.9. The monoisotopic (exact) mass is 245 g/mol. The maximum Gasteiger partial charge on any atom is 0.352 e. The molecule has 0 bridgehead atoms. The molecule has 0 aromatic heterocycles. The third-order valence-corrected chi connectivity index (χ3v) is 3.83. The predicted molar refractivity (Wildman–Crippen MR) is 59.9 cm³/mol. The summed E-state index contributed by atoms with van der Waals surface area (Å²) in [5.74, 6) is -1.25. The molecule has 0 aliphatic carbocycles. The second-order valence-electron chi connectivity index (χ2n) is 4.60. The van der Waals surface area contributed by atoms with Gasteiger partial charge in [0.1, 0.15) is 11.7 Å². The number of allylic oxidation sites excluding steroid dienone is 2. The number of carboxylic acid groups (broad SMARTS) is 1. The van der Waals surface area contributed by atoms with Crippen LogP contribution in [0.3, 0.4) is 0 Å². The van der Waals surface area contributed by atoms with Crippen LogP contribution in [0.2, 0.25) is 0 Å². The molecule has 18 heavy (non-hydrogen) atoms. The van der Waals surface area contributed by atoms with E-state index in [0.717, 1.165) is 6.42 Å². The molecule has 2 saturated heterocycles. The standard InChI is InChI=1S/C12H11N3O3/c13-4-1-2-6-7-3-5-14-8-9(7)15(11(8)16)10(6)12(17)18/h1-2,7-9,14H,3,5H2,(H,17,18)/b2-1-/t7?,8-,9+/m0/s1. The Bertz CT molecular complexity index is 543. The van der Waals surface area contributed by atoms with Gasteiger partial charge in [-0.3, -0.25) is 9.69 Å². The van der Waals surface area contributed by atoms with Gasteiger partial charge in [-0.1, -0.05) is 0 Å². The molecular weight excluding hydrogens is 234 g/mol. The third-order valence-electron chi connectivity index (χ3n) is 3.83. The molecule has 0 aromatic rings. The van der Waals surface area contributed by atoms with Crippen molar-refractivity contribution in [3.8, 4) is 6.07 Å². The molecule has 1 amide bonds. The number of amides is 1. The van der Waals surface area contributed by atoms with Crippen LogP contribution < -0.4 is 5.32 Å². The molecule has 3 heterocycles. The van der Waals surface area contributed by atoms with E-state index >= 15 is 0 Å². The lowest BCUT2D eigenvalue weighted by atomic mass is 9.79. The molecule has 0 aromatic carbocycles. The molecule has 6 nitrogen and oxygen atoms in total. The highest BCUT2D eigenvalue weighted by Gasteiger charge is 2.60. The SMILES string of the molecule is N#C/C=C\C1=C(C(=O)O)N2C(=O)[C@H]3NCCC1[C@H]32. The van der Waals surface area contributed by atoms with Crippen molar-refractivity contribution in [2.45, 2.75) is 18.5 Å². The van der Waals surface area contributed by atoms with E-state index in [1.165, 1.54) is 17.1 Å². The molecule has 0 spiro atoms. The first-order valence-corrected chi connectivity index (χ1v) is 5.77. The fourth-order valence-electron chi connectivity index (χ4n) is 3.16. The minimum atomic E-state index is -1.10. The number of piperidine rings is 1. The second-order valence-corrected chi connectivity index (χ2v) is 4.60. The smallest absolute Gasteiger partial charge is 0.352 e. The predicted octanol–water partition coefficient (Wildman–Crippen LogP) is -0.393. The number of nitrogens with zero attached hydrogens (tertiary/aromatic N) is 2. The minimum Gasteiger partial charge on any atom is -0.477 e. The van der Waals surface area contributed by atoms with Crippen LogP contribution in [0.5, 0.6) is 0 Å². The number of carbonyl (C=O) groups excluding carboxylic acids is 1. The molecule has 92 valence electrons. The summed E-state index contributed by atoms with van der Waals surface area (Å²) in [5, 5.41) is 20.9. The van der Waals surface area contributed by atoms with Gasteiger partial charge >= 0.3 is 5.97 Å². The number of carbonyl (C=O) groups is 2.